The Hall–Kier alpha value is -2.25. The lowest BCUT2D eigenvalue weighted by Gasteiger charge is -2.30. The Morgan fingerprint density at radius 1 is 1.32 bits per heavy atom. The summed E-state index contributed by atoms with van der Waals surface area (Å²) in [6.45, 7) is 3.37. The van der Waals surface area contributed by atoms with Gasteiger partial charge in [-0.1, -0.05) is 5.92 Å². The minimum Gasteiger partial charge on any atom is -0.348 e. The summed E-state index contributed by atoms with van der Waals surface area (Å²) >= 11 is 0. The Bertz CT molecular complexity index is 758. The zero-order chi connectivity index (χ0) is 15.1. The van der Waals surface area contributed by atoms with E-state index in [1.807, 2.05) is 35.0 Å². The number of fused-ring (bicyclic) bond motifs is 3. The molecule has 0 saturated carbocycles. The Morgan fingerprint density at radius 3 is 3.05 bits per heavy atom. The van der Waals surface area contributed by atoms with Crippen molar-refractivity contribution in [1.82, 2.24) is 14.6 Å². The van der Waals surface area contributed by atoms with Crippen molar-refractivity contribution in [3.63, 3.8) is 0 Å². The van der Waals surface area contributed by atoms with Crippen LogP contribution in [-0.2, 0) is 0 Å². The number of nitrogens with zero attached hydrogens (tertiary/aromatic N) is 2. The highest BCUT2D eigenvalue weighted by atomic mass is 16.1. The Balaban J connectivity index is 1.52. The second-order valence-corrected chi connectivity index (χ2v) is 6.40. The maximum Gasteiger partial charge on any atom is 0.253 e. The van der Waals surface area contributed by atoms with Gasteiger partial charge in [-0.15, -0.1) is 6.42 Å². The molecule has 0 spiro atoms. The van der Waals surface area contributed by atoms with Crippen LogP contribution in [0.5, 0.6) is 0 Å². The third-order valence-corrected chi connectivity index (χ3v) is 4.87. The van der Waals surface area contributed by atoms with E-state index in [0.717, 1.165) is 30.0 Å². The smallest absolute Gasteiger partial charge is 0.253 e. The summed E-state index contributed by atoms with van der Waals surface area (Å²) in [6, 6.07) is 5.93. The van der Waals surface area contributed by atoms with Gasteiger partial charge in [0.15, 0.2) is 0 Å². The quantitative estimate of drug-likeness (QED) is 0.856. The van der Waals surface area contributed by atoms with E-state index in [0.29, 0.717) is 5.56 Å². The van der Waals surface area contributed by atoms with Crippen molar-refractivity contribution in [3.05, 3.63) is 41.7 Å². The summed E-state index contributed by atoms with van der Waals surface area (Å²) in [7, 11) is 0. The van der Waals surface area contributed by atoms with Crippen LogP contribution in [0.1, 0.15) is 28.8 Å². The molecule has 1 amide bonds. The topological polar surface area (TPSA) is 36.8 Å². The highest BCUT2D eigenvalue weighted by Gasteiger charge is 2.32. The van der Waals surface area contributed by atoms with Gasteiger partial charge in [-0.2, -0.15) is 0 Å². The molecular formula is C18H19N3O. The third-order valence-electron chi connectivity index (χ3n) is 4.87. The van der Waals surface area contributed by atoms with Gasteiger partial charge < -0.3 is 14.6 Å². The first-order valence-electron chi connectivity index (χ1n) is 7.83. The fraction of sp³-hybridized carbons (Fsp3) is 0.389. The highest BCUT2D eigenvalue weighted by molar-refractivity contribution is 5.94. The number of aromatic nitrogens is 1. The number of pyridine rings is 1. The molecule has 2 aliphatic heterocycles. The van der Waals surface area contributed by atoms with E-state index in [4.69, 9.17) is 6.42 Å². The number of hydrogen-bond acceptors (Lipinski definition) is 2. The predicted molar refractivity (Wildman–Crippen MR) is 85.8 cm³/mol. The maximum absolute atomic E-state index is 12.5. The van der Waals surface area contributed by atoms with Crippen LogP contribution in [0.2, 0.25) is 0 Å². The molecule has 2 aromatic rings. The second-order valence-electron chi connectivity index (χ2n) is 6.40. The molecule has 3 atom stereocenters. The molecule has 112 valence electrons. The van der Waals surface area contributed by atoms with Gasteiger partial charge in [-0.05, 0) is 43.5 Å². The van der Waals surface area contributed by atoms with Gasteiger partial charge in [0.2, 0.25) is 0 Å². The largest absolute Gasteiger partial charge is 0.348 e. The molecular weight excluding hydrogens is 274 g/mol. The zero-order valence-corrected chi connectivity index (χ0v) is 12.5. The van der Waals surface area contributed by atoms with Crippen LogP contribution in [0.3, 0.4) is 0 Å². The normalized spacial score (nSPS) is 26.8. The number of amides is 1. The van der Waals surface area contributed by atoms with Crippen molar-refractivity contribution >= 4 is 11.4 Å². The fourth-order valence-electron chi connectivity index (χ4n) is 3.80. The van der Waals surface area contributed by atoms with E-state index >= 15 is 0 Å². The molecule has 2 aromatic heterocycles. The molecule has 22 heavy (non-hydrogen) atoms. The minimum absolute atomic E-state index is 0.00496. The summed E-state index contributed by atoms with van der Waals surface area (Å²) in [5.74, 6) is 3.41. The van der Waals surface area contributed by atoms with Gasteiger partial charge >= 0.3 is 0 Å². The number of rotatable bonds is 2. The molecule has 0 aliphatic carbocycles. The van der Waals surface area contributed by atoms with Gasteiger partial charge in [0.25, 0.3) is 5.91 Å². The van der Waals surface area contributed by atoms with Crippen LogP contribution in [0.4, 0.5) is 0 Å². The van der Waals surface area contributed by atoms with Gasteiger partial charge in [-0.3, -0.25) is 4.79 Å². The number of hydrogen-bond donors (Lipinski definition) is 1. The number of nitrogens with one attached hydrogen (secondary N) is 1. The minimum atomic E-state index is 0.00496. The summed E-state index contributed by atoms with van der Waals surface area (Å²) in [6.07, 6.45) is 11.6. The average Bonchev–Trinajstić information content (AvgIpc) is 3.09. The Kier molecular flexibility index (Phi) is 3.16. The van der Waals surface area contributed by atoms with Crippen molar-refractivity contribution in [2.45, 2.75) is 18.9 Å². The molecule has 0 radical (unpaired) electrons. The van der Waals surface area contributed by atoms with Crippen LogP contribution in [0.25, 0.3) is 5.52 Å². The van der Waals surface area contributed by atoms with Crippen LogP contribution in [0.15, 0.2) is 30.6 Å². The lowest BCUT2D eigenvalue weighted by molar-refractivity contribution is 0.0909. The standard InChI is InChI=1S/C18H19N3O/c1-2-14-6-8-21-11-15(3-4-17(14)21)18(22)19-16-9-13-5-7-20(10-13)12-16/h1,3-4,6,8,11,13,16H,5,7,9-10,12H2,(H,19,22)/t13-,16+/m0/s1. The molecule has 2 fully saturated rings. The van der Waals surface area contributed by atoms with Crippen molar-refractivity contribution < 1.29 is 4.79 Å². The first-order chi connectivity index (χ1) is 10.7. The number of carbonyl (C=O) groups is 1. The monoisotopic (exact) mass is 293 g/mol. The molecule has 2 aliphatic rings. The molecule has 1 unspecified atom stereocenters. The van der Waals surface area contributed by atoms with Crippen LogP contribution >= 0.6 is 0 Å². The fourth-order valence-corrected chi connectivity index (χ4v) is 3.80. The molecule has 4 heteroatoms. The molecule has 1 N–H and O–H groups in total. The molecule has 4 nitrogen and oxygen atoms in total. The molecule has 2 bridgehead atoms. The van der Waals surface area contributed by atoms with E-state index in [9.17, 15) is 4.79 Å². The third kappa shape index (κ3) is 2.28. The summed E-state index contributed by atoms with van der Waals surface area (Å²) in [5, 5.41) is 3.19. The molecule has 4 rings (SSSR count). The SMILES string of the molecule is C#Cc1ccn2cc(C(=O)N[C@@H]3C[C@@H]4CCN(C4)C3)ccc12. The number of carbonyl (C=O) groups excluding carboxylic acids is 1. The van der Waals surface area contributed by atoms with Crippen molar-refractivity contribution in [2.24, 2.45) is 5.92 Å². The highest BCUT2D eigenvalue weighted by Crippen LogP contribution is 2.26. The van der Waals surface area contributed by atoms with Gasteiger partial charge in [0.1, 0.15) is 0 Å². The van der Waals surface area contributed by atoms with E-state index in [-0.39, 0.29) is 11.9 Å². The summed E-state index contributed by atoms with van der Waals surface area (Å²) in [5.41, 5.74) is 2.49. The molecule has 4 heterocycles. The molecule has 2 saturated heterocycles. The summed E-state index contributed by atoms with van der Waals surface area (Å²) < 4.78 is 1.91. The van der Waals surface area contributed by atoms with Crippen LogP contribution < -0.4 is 5.32 Å². The van der Waals surface area contributed by atoms with Gasteiger partial charge in [0, 0.05) is 37.1 Å². The van der Waals surface area contributed by atoms with Gasteiger partial charge in [0.05, 0.1) is 11.1 Å². The van der Waals surface area contributed by atoms with Crippen molar-refractivity contribution in [3.8, 4) is 12.3 Å². The first-order valence-corrected chi connectivity index (χ1v) is 7.83. The zero-order valence-electron chi connectivity index (χ0n) is 12.5. The molecule has 0 aromatic carbocycles. The van der Waals surface area contributed by atoms with Gasteiger partial charge in [-0.25, -0.2) is 0 Å². The van der Waals surface area contributed by atoms with Crippen molar-refractivity contribution in [2.75, 3.05) is 19.6 Å². The Morgan fingerprint density at radius 2 is 2.23 bits per heavy atom. The van der Waals surface area contributed by atoms with E-state index in [1.165, 1.54) is 19.5 Å². The van der Waals surface area contributed by atoms with Crippen LogP contribution in [-0.4, -0.2) is 40.9 Å². The number of piperidine rings is 1. The number of terminal acetylenes is 1. The first kappa shape index (κ1) is 13.4. The lowest BCUT2D eigenvalue weighted by Crippen LogP contribution is -2.47. The predicted octanol–water partition coefficient (Wildman–Crippen LogP) is 1.74. The summed E-state index contributed by atoms with van der Waals surface area (Å²) in [4.78, 5) is 14.9. The Labute approximate surface area is 130 Å². The van der Waals surface area contributed by atoms with E-state index < -0.39 is 0 Å². The van der Waals surface area contributed by atoms with Crippen molar-refractivity contribution in [1.29, 1.82) is 0 Å². The van der Waals surface area contributed by atoms with E-state index in [1.54, 1.807) is 0 Å². The van der Waals surface area contributed by atoms with Crippen LogP contribution in [0, 0.1) is 18.3 Å². The second kappa shape index (κ2) is 5.19. The lowest BCUT2D eigenvalue weighted by atomic mass is 9.96. The van der Waals surface area contributed by atoms with E-state index in [2.05, 4.69) is 16.1 Å². The maximum atomic E-state index is 12.5. The average molecular weight is 293 g/mol.